The maximum absolute atomic E-state index is 13.1. The molecule has 1 saturated heterocycles. The number of ether oxygens (including phenoxy) is 1. The highest BCUT2D eigenvalue weighted by Crippen LogP contribution is 2.36. The van der Waals surface area contributed by atoms with Gasteiger partial charge < -0.3 is 19.5 Å². The average Bonchev–Trinajstić information content (AvgIpc) is 3.28. The van der Waals surface area contributed by atoms with E-state index in [1.165, 1.54) is 33.5 Å². The van der Waals surface area contributed by atoms with Crippen LogP contribution in [0.3, 0.4) is 0 Å². The first kappa shape index (κ1) is 30.8. The van der Waals surface area contributed by atoms with E-state index < -0.39 is 6.04 Å². The van der Waals surface area contributed by atoms with Crippen molar-refractivity contribution in [1.29, 1.82) is 0 Å². The van der Waals surface area contributed by atoms with Crippen LogP contribution in [-0.2, 0) is 20.7 Å². The van der Waals surface area contributed by atoms with Crippen LogP contribution >= 0.6 is 15.9 Å². The zero-order chi connectivity index (χ0) is 30.7. The molecule has 0 aliphatic carbocycles. The predicted octanol–water partition coefficient (Wildman–Crippen LogP) is 6.92. The van der Waals surface area contributed by atoms with Gasteiger partial charge in [-0.1, -0.05) is 46.3 Å². The highest BCUT2D eigenvalue weighted by Gasteiger charge is 2.28. The molecule has 1 N–H and O–H groups in total. The summed E-state index contributed by atoms with van der Waals surface area (Å²) in [5, 5.41) is 4.15. The summed E-state index contributed by atoms with van der Waals surface area (Å²) in [5.41, 5.74) is 8.92. The third kappa shape index (κ3) is 6.96. The van der Waals surface area contributed by atoms with Gasteiger partial charge in [0.2, 0.25) is 5.91 Å². The van der Waals surface area contributed by atoms with E-state index in [1.807, 2.05) is 30.3 Å². The van der Waals surface area contributed by atoms with Crippen LogP contribution < -0.4 is 10.2 Å². The van der Waals surface area contributed by atoms with Crippen molar-refractivity contribution >= 4 is 44.5 Å². The number of nitrogens with zero attached hydrogens (tertiary/aromatic N) is 3. The van der Waals surface area contributed by atoms with Crippen LogP contribution in [0.5, 0.6) is 0 Å². The first-order chi connectivity index (χ1) is 20.6. The number of benzene rings is 2. The smallest absolute Gasteiger partial charge is 0.328 e. The molecule has 1 amide bonds. The highest BCUT2D eigenvalue weighted by atomic mass is 79.9. The standard InChI is InChI=1S/C35H41BrN4O3/c1-6-43-35(42)29(19-26-10-8-7-9-11-26)38-31(41)20-27-12-14-39(15-13-27)30-18-25(5)37-34-32(30)24(4)21-40(34)33-22(2)16-28(36)17-23(33)3/h7-11,16-18,21,27,29H,6,12-15,19-20H2,1-5H3,(H,38,41). The number of halogens is 1. The number of hydrogen-bond acceptors (Lipinski definition) is 5. The molecule has 4 aromatic rings. The number of piperidine rings is 1. The molecule has 226 valence electrons. The van der Waals surface area contributed by atoms with Crippen LogP contribution in [-0.4, -0.2) is 47.2 Å². The van der Waals surface area contributed by atoms with Crippen LogP contribution in [0.1, 0.15) is 54.1 Å². The van der Waals surface area contributed by atoms with Crippen molar-refractivity contribution in [2.45, 2.75) is 66.3 Å². The van der Waals surface area contributed by atoms with Gasteiger partial charge in [0.1, 0.15) is 11.7 Å². The lowest BCUT2D eigenvalue weighted by molar-refractivity contribution is -0.147. The Balaban J connectivity index is 1.29. The van der Waals surface area contributed by atoms with Gasteiger partial charge in [-0.15, -0.1) is 0 Å². The summed E-state index contributed by atoms with van der Waals surface area (Å²) in [4.78, 5) is 33.2. The Morgan fingerprint density at radius 2 is 1.70 bits per heavy atom. The van der Waals surface area contributed by atoms with Gasteiger partial charge in [0, 0.05) is 53.4 Å². The summed E-state index contributed by atoms with van der Waals surface area (Å²) < 4.78 is 8.58. The van der Waals surface area contributed by atoms with E-state index in [1.54, 1.807) is 6.92 Å². The average molecular weight is 646 g/mol. The monoisotopic (exact) mass is 644 g/mol. The fraction of sp³-hybridized carbons (Fsp3) is 0.400. The lowest BCUT2D eigenvalue weighted by atomic mass is 9.92. The minimum absolute atomic E-state index is 0.0947. The second-order valence-corrected chi connectivity index (χ2v) is 12.7. The number of nitrogens with one attached hydrogen (secondary N) is 1. The quantitative estimate of drug-likeness (QED) is 0.200. The molecule has 2 aromatic carbocycles. The third-order valence-corrected chi connectivity index (χ3v) is 8.83. The largest absolute Gasteiger partial charge is 0.464 e. The Hall–Kier alpha value is -3.65. The predicted molar refractivity (Wildman–Crippen MR) is 176 cm³/mol. The number of rotatable bonds is 9. The third-order valence-electron chi connectivity index (χ3n) is 8.37. The van der Waals surface area contributed by atoms with Crippen molar-refractivity contribution in [3.05, 3.63) is 87.1 Å². The van der Waals surface area contributed by atoms with E-state index >= 15 is 0 Å². The molecule has 0 radical (unpaired) electrons. The molecule has 1 fully saturated rings. The second kappa shape index (κ2) is 13.3. The molecule has 8 heteroatoms. The molecule has 1 unspecified atom stereocenters. The van der Waals surface area contributed by atoms with Crippen molar-refractivity contribution in [2.24, 2.45) is 5.92 Å². The van der Waals surface area contributed by atoms with E-state index in [0.717, 1.165) is 47.3 Å². The number of hydrogen-bond donors (Lipinski definition) is 1. The molecule has 2 aromatic heterocycles. The summed E-state index contributed by atoms with van der Waals surface area (Å²) in [6.45, 7) is 12.3. The SMILES string of the molecule is CCOC(=O)C(Cc1ccccc1)NC(=O)CC1CCN(c2cc(C)nc3c2c(C)cn3-c2c(C)cc(Br)cc2C)CC1. The van der Waals surface area contributed by atoms with Crippen LogP contribution in [0.4, 0.5) is 5.69 Å². The van der Waals surface area contributed by atoms with E-state index in [0.29, 0.717) is 12.8 Å². The number of aromatic nitrogens is 2. The number of fused-ring (bicyclic) bond motifs is 1. The number of amides is 1. The Morgan fingerprint density at radius 1 is 1.02 bits per heavy atom. The maximum Gasteiger partial charge on any atom is 0.328 e. The fourth-order valence-electron chi connectivity index (χ4n) is 6.39. The first-order valence-corrected chi connectivity index (χ1v) is 15.9. The van der Waals surface area contributed by atoms with Crippen molar-refractivity contribution in [3.63, 3.8) is 0 Å². The Kier molecular flexibility index (Phi) is 9.55. The molecular weight excluding hydrogens is 604 g/mol. The van der Waals surface area contributed by atoms with E-state index in [9.17, 15) is 9.59 Å². The molecule has 0 bridgehead atoms. The van der Waals surface area contributed by atoms with Gasteiger partial charge in [-0.05, 0) is 93.8 Å². The number of carbonyl (C=O) groups is 2. The van der Waals surface area contributed by atoms with Gasteiger partial charge in [-0.2, -0.15) is 0 Å². The Bertz CT molecular complexity index is 1600. The highest BCUT2D eigenvalue weighted by molar-refractivity contribution is 9.10. The topological polar surface area (TPSA) is 76.5 Å². The molecule has 0 saturated carbocycles. The van der Waals surface area contributed by atoms with Crippen LogP contribution in [0.15, 0.2) is 59.2 Å². The normalized spacial score (nSPS) is 14.6. The van der Waals surface area contributed by atoms with E-state index in [4.69, 9.17) is 9.72 Å². The van der Waals surface area contributed by atoms with Gasteiger partial charge in [0.15, 0.2) is 0 Å². The summed E-state index contributed by atoms with van der Waals surface area (Å²) in [7, 11) is 0. The fourth-order valence-corrected chi connectivity index (χ4v) is 7.08. The summed E-state index contributed by atoms with van der Waals surface area (Å²) in [6, 6.07) is 15.5. The molecule has 5 rings (SSSR count). The van der Waals surface area contributed by atoms with Gasteiger partial charge in [0.05, 0.1) is 12.3 Å². The van der Waals surface area contributed by atoms with E-state index in [2.05, 4.69) is 82.8 Å². The number of esters is 1. The second-order valence-electron chi connectivity index (χ2n) is 11.7. The number of aryl methyl sites for hydroxylation is 4. The van der Waals surface area contributed by atoms with Crippen LogP contribution in [0, 0.1) is 33.6 Å². The van der Waals surface area contributed by atoms with Gasteiger partial charge in [-0.3, -0.25) is 4.79 Å². The number of pyridine rings is 1. The molecule has 1 atom stereocenters. The summed E-state index contributed by atoms with van der Waals surface area (Å²) in [5.74, 6) is -0.224. The molecule has 0 spiro atoms. The molecule has 1 aliphatic rings. The summed E-state index contributed by atoms with van der Waals surface area (Å²) in [6.07, 6.45) is 4.84. The van der Waals surface area contributed by atoms with Crippen molar-refractivity contribution in [2.75, 3.05) is 24.6 Å². The molecule has 1 aliphatic heterocycles. The zero-order valence-electron chi connectivity index (χ0n) is 25.7. The van der Waals surface area contributed by atoms with Crippen molar-refractivity contribution < 1.29 is 14.3 Å². The van der Waals surface area contributed by atoms with Gasteiger partial charge in [-0.25, -0.2) is 9.78 Å². The number of anilines is 1. The summed E-state index contributed by atoms with van der Waals surface area (Å²) >= 11 is 3.63. The van der Waals surface area contributed by atoms with Crippen molar-refractivity contribution in [1.82, 2.24) is 14.9 Å². The molecular formula is C35H41BrN4O3. The van der Waals surface area contributed by atoms with Gasteiger partial charge in [0.25, 0.3) is 0 Å². The Morgan fingerprint density at radius 3 is 2.35 bits per heavy atom. The lowest BCUT2D eigenvalue weighted by Gasteiger charge is -2.34. The molecule has 43 heavy (non-hydrogen) atoms. The number of carbonyl (C=O) groups excluding carboxylic acids is 2. The maximum atomic E-state index is 13.1. The van der Waals surface area contributed by atoms with Crippen molar-refractivity contribution in [3.8, 4) is 5.69 Å². The van der Waals surface area contributed by atoms with Crippen LogP contribution in [0.2, 0.25) is 0 Å². The zero-order valence-corrected chi connectivity index (χ0v) is 27.3. The van der Waals surface area contributed by atoms with Crippen LogP contribution in [0.25, 0.3) is 16.7 Å². The minimum Gasteiger partial charge on any atom is -0.464 e. The Labute approximate surface area is 262 Å². The van der Waals surface area contributed by atoms with Gasteiger partial charge >= 0.3 is 5.97 Å². The molecule has 3 heterocycles. The molecule has 7 nitrogen and oxygen atoms in total. The van der Waals surface area contributed by atoms with E-state index in [-0.39, 0.29) is 24.4 Å². The lowest BCUT2D eigenvalue weighted by Crippen LogP contribution is -2.44. The first-order valence-electron chi connectivity index (χ1n) is 15.2. The minimum atomic E-state index is -0.687.